The first-order valence-corrected chi connectivity index (χ1v) is 21.9. The van der Waals surface area contributed by atoms with Gasteiger partial charge in [0.05, 0.1) is 5.41 Å². The van der Waals surface area contributed by atoms with E-state index in [1.54, 1.807) is 0 Å². The molecule has 0 saturated carbocycles. The maximum atomic E-state index is 5.22. The Hall–Kier alpha value is -8.27. The van der Waals surface area contributed by atoms with E-state index in [9.17, 15) is 0 Å². The predicted octanol–water partition coefficient (Wildman–Crippen LogP) is 15.2. The van der Waals surface area contributed by atoms with Crippen molar-refractivity contribution >= 4 is 32.7 Å². The van der Waals surface area contributed by atoms with Crippen molar-refractivity contribution in [2.24, 2.45) is 0 Å². The van der Waals surface area contributed by atoms with E-state index in [0.717, 1.165) is 54.9 Å². The zero-order valence-electron chi connectivity index (χ0n) is 35.3. The molecule has 64 heavy (non-hydrogen) atoms. The Kier molecular flexibility index (Phi) is 8.77. The van der Waals surface area contributed by atoms with E-state index in [1.165, 1.54) is 50.1 Å². The molecule has 0 atom stereocenters. The molecule has 0 unspecified atom stereocenters. The Balaban J connectivity index is 1.02. The highest BCUT2D eigenvalue weighted by molar-refractivity contribution is 6.00. The molecule has 0 amide bonds. The summed E-state index contributed by atoms with van der Waals surface area (Å²) in [5, 5.41) is 4.43. The van der Waals surface area contributed by atoms with E-state index in [2.05, 4.69) is 226 Å². The molecule has 1 aromatic heterocycles. The number of aromatic nitrogens is 3. The van der Waals surface area contributed by atoms with Crippen LogP contribution in [0, 0.1) is 0 Å². The molecule has 3 nitrogen and oxygen atoms in total. The van der Waals surface area contributed by atoms with Crippen LogP contribution in [0.1, 0.15) is 40.6 Å². The molecule has 0 saturated heterocycles. The van der Waals surface area contributed by atoms with Gasteiger partial charge < -0.3 is 0 Å². The average Bonchev–Trinajstić information content (AvgIpc) is 3.84. The largest absolute Gasteiger partial charge is 0.208 e. The second-order valence-corrected chi connectivity index (χ2v) is 16.6. The number of allylic oxidation sites excluding steroid dienone is 5. The Labute approximate surface area is 373 Å². The summed E-state index contributed by atoms with van der Waals surface area (Å²) in [5.41, 5.74) is 17.3. The standard InChI is InChI=1S/C61H41N3/c1-3-39(37-40(4-2)58-62-59(52-32-16-21-41-19-5-7-25-45(41)52)64-60(63-58)53-33-17-22-42-20-6-8-26-46(42)53)43-23-15-24-44(38-43)47-30-18-31-51-50-29-11-14-36-56(50)61(57(47)51)54-34-12-9-27-48(54)49-28-10-13-35-55(49)61/h3-38H,2H2,1H3/b39-3+,40-37+. The molecule has 0 radical (unpaired) electrons. The maximum absolute atomic E-state index is 5.22. The molecule has 12 rings (SSSR count). The topological polar surface area (TPSA) is 38.7 Å². The Bertz CT molecular complexity index is 3440. The lowest BCUT2D eigenvalue weighted by Gasteiger charge is -2.32. The molecule has 0 bridgehead atoms. The minimum Gasteiger partial charge on any atom is -0.208 e. The summed E-state index contributed by atoms with van der Waals surface area (Å²) in [6.45, 7) is 6.42. The SMILES string of the molecule is C=C/C(=C\C(=C/C)c1cccc(-c2cccc3c2C2(c4ccccc4-c4ccccc42)c2ccccc2-3)c1)c1nc(-c2cccc3ccccc23)nc(-c2cccc3ccccc23)n1. The molecule has 9 aromatic carbocycles. The molecule has 10 aromatic rings. The Morgan fingerprint density at radius 2 is 0.891 bits per heavy atom. The van der Waals surface area contributed by atoms with Gasteiger partial charge in [-0.05, 0) is 107 Å². The summed E-state index contributed by atoms with van der Waals surface area (Å²) in [6, 6.07) is 72.2. The van der Waals surface area contributed by atoms with E-state index < -0.39 is 5.41 Å². The molecule has 1 heterocycles. The van der Waals surface area contributed by atoms with Gasteiger partial charge in [-0.3, -0.25) is 0 Å². The molecule has 0 N–H and O–H groups in total. The fraction of sp³-hybridized carbons (Fsp3) is 0.0328. The number of rotatable bonds is 7. The van der Waals surface area contributed by atoms with Gasteiger partial charge in [0.15, 0.2) is 17.5 Å². The van der Waals surface area contributed by atoms with Crippen LogP contribution in [0.4, 0.5) is 0 Å². The van der Waals surface area contributed by atoms with Crippen LogP contribution in [-0.4, -0.2) is 15.0 Å². The highest BCUT2D eigenvalue weighted by Gasteiger charge is 2.52. The number of hydrogen-bond acceptors (Lipinski definition) is 3. The fourth-order valence-electron chi connectivity index (χ4n) is 10.6. The van der Waals surface area contributed by atoms with Gasteiger partial charge in [0, 0.05) is 16.7 Å². The van der Waals surface area contributed by atoms with Crippen molar-refractivity contribution in [2.75, 3.05) is 0 Å². The van der Waals surface area contributed by atoms with Crippen LogP contribution in [0.25, 0.3) is 88.8 Å². The first-order chi connectivity index (χ1) is 31.6. The van der Waals surface area contributed by atoms with Crippen molar-refractivity contribution in [2.45, 2.75) is 12.3 Å². The summed E-state index contributed by atoms with van der Waals surface area (Å²) in [4.78, 5) is 15.6. The number of fused-ring (bicyclic) bond motifs is 12. The molecule has 300 valence electrons. The van der Waals surface area contributed by atoms with Crippen LogP contribution in [0.15, 0.2) is 225 Å². The van der Waals surface area contributed by atoms with Crippen molar-refractivity contribution in [3.63, 3.8) is 0 Å². The highest BCUT2D eigenvalue weighted by Crippen LogP contribution is 2.64. The first kappa shape index (κ1) is 37.5. The van der Waals surface area contributed by atoms with Gasteiger partial charge >= 0.3 is 0 Å². The number of nitrogens with zero attached hydrogens (tertiary/aromatic N) is 3. The predicted molar refractivity (Wildman–Crippen MR) is 266 cm³/mol. The van der Waals surface area contributed by atoms with Gasteiger partial charge in [-0.25, -0.2) is 15.0 Å². The third-order valence-corrected chi connectivity index (χ3v) is 13.3. The third kappa shape index (κ3) is 5.64. The second-order valence-electron chi connectivity index (χ2n) is 16.6. The zero-order chi connectivity index (χ0) is 42.8. The van der Waals surface area contributed by atoms with Crippen molar-refractivity contribution < 1.29 is 0 Å². The van der Waals surface area contributed by atoms with Gasteiger partial charge in [0.25, 0.3) is 0 Å². The Morgan fingerprint density at radius 1 is 0.438 bits per heavy atom. The van der Waals surface area contributed by atoms with E-state index >= 15 is 0 Å². The lowest BCUT2D eigenvalue weighted by Crippen LogP contribution is -2.26. The molecule has 3 heteroatoms. The van der Waals surface area contributed by atoms with Gasteiger partial charge in [-0.2, -0.15) is 0 Å². The van der Waals surface area contributed by atoms with Crippen LogP contribution >= 0.6 is 0 Å². The van der Waals surface area contributed by atoms with Gasteiger partial charge in [-0.1, -0.05) is 213 Å². The minimum atomic E-state index is -0.451. The van der Waals surface area contributed by atoms with Gasteiger partial charge in [0.1, 0.15) is 0 Å². The molecular formula is C61H41N3. The molecule has 2 aliphatic carbocycles. The van der Waals surface area contributed by atoms with Gasteiger partial charge in [-0.15, -0.1) is 0 Å². The Morgan fingerprint density at radius 3 is 1.47 bits per heavy atom. The fourth-order valence-corrected chi connectivity index (χ4v) is 10.6. The number of hydrogen-bond donors (Lipinski definition) is 0. The van der Waals surface area contributed by atoms with Crippen molar-refractivity contribution in [1.82, 2.24) is 15.0 Å². The smallest absolute Gasteiger partial charge is 0.164 e. The molecule has 0 aliphatic heterocycles. The summed E-state index contributed by atoms with van der Waals surface area (Å²) < 4.78 is 0. The van der Waals surface area contributed by atoms with Crippen LogP contribution in [0.3, 0.4) is 0 Å². The van der Waals surface area contributed by atoms with E-state index in [4.69, 9.17) is 15.0 Å². The van der Waals surface area contributed by atoms with Crippen LogP contribution in [0.2, 0.25) is 0 Å². The third-order valence-electron chi connectivity index (χ3n) is 13.3. The monoisotopic (exact) mass is 815 g/mol. The highest BCUT2D eigenvalue weighted by atomic mass is 15.0. The summed E-state index contributed by atoms with van der Waals surface area (Å²) in [5.74, 6) is 1.79. The van der Waals surface area contributed by atoms with Crippen LogP contribution in [0.5, 0.6) is 0 Å². The van der Waals surface area contributed by atoms with Gasteiger partial charge in [0.2, 0.25) is 0 Å². The second kappa shape index (κ2) is 15.0. The average molecular weight is 816 g/mol. The summed E-state index contributed by atoms with van der Waals surface area (Å²) in [6.07, 6.45) is 6.19. The molecule has 2 aliphatic rings. The normalized spacial score (nSPS) is 13.5. The lowest BCUT2D eigenvalue weighted by atomic mass is 9.68. The maximum Gasteiger partial charge on any atom is 0.164 e. The quantitative estimate of drug-likeness (QED) is 0.150. The van der Waals surface area contributed by atoms with Crippen LogP contribution < -0.4 is 0 Å². The van der Waals surface area contributed by atoms with E-state index in [0.29, 0.717) is 17.5 Å². The van der Waals surface area contributed by atoms with Crippen LogP contribution in [-0.2, 0) is 5.41 Å². The zero-order valence-corrected chi connectivity index (χ0v) is 35.3. The summed E-state index contributed by atoms with van der Waals surface area (Å²) >= 11 is 0. The molecule has 1 spiro atoms. The lowest BCUT2D eigenvalue weighted by molar-refractivity contribution is 0.796. The van der Waals surface area contributed by atoms with Crippen molar-refractivity contribution in [1.29, 1.82) is 0 Å². The number of benzene rings is 9. The van der Waals surface area contributed by atoms with E-state index in [1.807, 2.05) is 6.08 Å². The molecular weight excluding hydrogens is 775 g/mol. The van der Waals surface area contributed by atoms with E-state index in [-0.39, 0.29) is 0 Å². The van der Waals surface area contributed by atoms with Crippen molar-refractivity contribution in [3.05, 3.63) is 259 Å². The molecule has 0 fully saturated rings. The van der Waals surface area contributed by atoms with Crippen molar-refractivity contribution in [3.8, 4) is 56.2 Å². The first-order valence-electron chi connectivity index (χ1n) is 21.9. The summed E-state index contributed by atoms with van der Waals surface area (Å²) in [7, 11) is 0. The minimum absolute atomic E-state index is 0.451.